The van der Waals surface area contributed by atoms with Gasteiger partial charge in [0.25, 0.3) is 0 Å². The zero-order valence-corrected chi connectivity index (χ0v) is 9.73. The summed E-state index contributed by atoms with van der Waals surface area (Å²) in [4.78, 5) is 10.9. The molecule has 1 heterocycles. The molecule has 0 saturated heterocycles. The predicted molar refractivity (Wildman–Crippen MR) is 59.1 cm³/mol. The molecule has 0 atom stereocenters. The molecule has 1 aromatic carbocycles. The van der Waals surface area contributed by atoms with Gasteiger partial charge in [-0.2, -0.15) is 0 Å². The molecule has 0 aliphatic carbocycles. The van der Waals surface area contributed by atoms with Gasteiger partial charge in [-0.15, -0.1) is 0 Å². The molecule has 0 fully saturated rings. The first-order valence-electron chi connectivity index (χ1n) is 5.25. The second-order valence-corrected chi connectivity index (χ2v) is 4.29. The summed E-state index contributed by atoms with van der Waals surface area (Å²) in [7, 11) is 0. The zero-order chi connectivity index (χ0) is 12.5. The highest BCUT2D eigenvalue weighted by molar-refractivity contribution is 5.76. The van der Waals surface area contributed by atoms with E-state index in [9.17, 15) is 4.79 Å². The Kier molecular flexibility index (Phi) is 2.93. The van der Waals surface area contributed by atoms with Crippen molar-refractivity contribution >= 4 is 5.97 Å². The summed E-state index contributed by atoms with van der Waals surface area (Å²) in [6.07, 6.45) is 0. The van der Waals surface area contributed by atoms with E-state index in [1.807, 2.05) is 6.07 Å². The van der Waals surface area contributed by atoms with Gasteiger partial charge >= 0.3 is 5.97 Å². The van der Waals surface area contributed by atoms with Crippen LogP contribution in [-0.2, 0) is 16.1 Å². The quantitative estimate of drug-likeness (QED) is 0.866. The number of hydrogen-bond donors (Lipinski definition) is 1. The number of hydrogen-bond acceptors (Lipinski definition) is 4. The van der Waals surface area contributed by atoms with Gasteiger partial charge in [-0.25, -0.2) is 4.79 Å². The molecule has 5 heteroatoms. The Morgan fingerprint density at radius 3 is 2.82 bits per heavy atom. The van der Waals surface area contributed by atoms with Gasteiger partial charge in [-0.05, 0) is 31.5 Å². The van der Waals surface area contributed by atoms with E-state index in [1.165, 1.54) is 13.8 Å². The Balaban J connectivity index is 2.03. The molecule has 0 saturated carbocycles. The molecule has 0 amide bonds. The van der Waals surface area contributed by atoms with Crippen molar-refractivity contribution in [2.24, 2.45) is 0 Å². The van der Waals surface area contributed by atoms with Crippen molar-refractivity contribution in [1.82, 2.24) is 0 Å². The molecular weight excluding hydrogens is 224 g/mol. The first-order valence-corrected chi connectivity index (χ1v) is 5.25. The van der Waals surface area contributed by atoms with Crippen LogP contribution in [0.25, 0.3) is 0 Å². The molecule has 0 unspecified atom stereocenters. The molecule has 5 nitrogen and oxygen atoms in total. The molecule has 2 rings (SSSR count). The van der Waals surface area contributed by atoms with Crippen molar-refractivity contribution < 1.29 is 24.1 Å². The van der Waals surface area contributed by atoms with Gasteiger partial charge in [0.15, 0.2) is 17.1 Å². The molecule has 1 aliphatic rings. The number of carboxylic acid groups (broad SMARTS) is 1. The van der Waals surface area contributed by atoms with E-state index in [1.54, 1.807) is 12.1 Å². The number of rotatable bonds is 4. The van der Waals surface area contributed by atoms with E-state index in [2.05, 4.69) is 0 Å². The lowest BCUT2D eigenvalue weighted by Crippen LogP contribution is -2.34. The van der Waals surface area contributed by atoms with Gasteiger partial charge in [-0.1, -0.05) is 6.07 Å². The maximum atomic E-state index is 10.9. The van der Waals surface area contributed by atoms with Crippen molar-refractivity contribution in [1.29, 1.82) is 0 Å². The van der Waals surface area contributed by atoms with Crippen LogP contribution in [0, 0.1) is 0 Å². The van der Waals surface area contributed by atoms with Crippen molar-refractivity contribution in [3.63, 3.8) is 0 Å². The SMILES string of the molecule is CC(C)(OCc1ccc2c(c1)OCO2)C(=O)O. The minimum atomic E-state index is -1.20. The monoisotopic (exact) mass is 238 g/mol. The van der Waals surface area contributed by atoms with Gasteiger partial charge in [0.1, 0.15) is 0 Å². The van der Waals surface area contributed by atoms with E-state index < -0.39 is 11.6 Å². The van der Waals surface area contributed by atoms with Gasteiger partial charge in [0, 0.05) is 0 Å². The number of ether oxygens (including phenoxy) is 3. The lowest BCUT2D eigenvalue weighted by atomic mass is 10.1. The minimum Gasteiger partial charge on any atom is -0.479 e. The molecule has 0 spiro atoms. The van der Waals surface area contributed by atoms with Crippen molar-refractivity contribution in [2.45, 2.75) is 26.1 Å². The van der Waals surface area contributed by atoms with E-state index in [0.29, 0.717) is 11.5 Å². The maximum Gasteiger partial charge on any atom is 0.335 e. The third-order valence-corrected chi connectivity index (χ3v) is 2.55. The molecule has 1 aliphatic heterocycles. The van der Waals surface area contributed by atoms with Gasteiger partial charge in [-0.3, -0.25) is 0 Å². The summed E-state index contributed by atoms with van der Waals surface area (Å²) in [6, 6.07) is 5.40. The molecule has 0 radical (unpaired) electrons. The normalized spacial score (nSPS) is 13.8. The van der Waals surface area contributed by atoms with Crippen LogP contribution in [0.2, 0.25) is 0 Å². The smallest absolute Gasteiger partial charge is 0.335 e. The van der Waals surface area contributed by atoms with Crippen LogP contribution in [0.5, 0.6) is 11.5 Å². The fraction of sp³-hybridized carbons (Fsp3) is 0.417. The van der Waals surface area contributed by atoms with E-state index >= 15 is 0 Å². The summed E-state index contributed by atoms with van der Waals surface area (Å²) in [5, 5.41) is 8.90. The molecule has 92 valence electrons. The number of fused-ring (bicyclic) bond motifs is 1. The topological polar surface area (TPSA) is 65.0 Å². The highest BCUT2D eigenvalue weighted by Gasteiger charge is 2.28. The Hall–Kier alpha value is -1.75. The van der Waals surface area contributed by atoms with E-state index in [0.717, 1.165) is 5.56 Å². The second kappa shape index (κ2) is 4.25. The molecular formula is C12H14O5. The summed E-state index contributed by atoms with van der Waals surface area (Å²) < 4.78 is 15.7. The highest BCUT2D eigenvalue weighted by Crippen LogP contribution is 2.32. The first-order chi connectivity index (χ1) is 7.99. The largest absolute Gasteiger partial charge is 0.479 e. The summed E-state index contributed by atoms with van der Waals surface area (Å²) in [5.74, 6) is 0.378. The van der Waals surface area contributed by atoms with Crippen LogP contribution in [-0.4, -0.2) is 23.5 Å². The van der Waals surface area contributed by atoms with Crippen molar-refractivity contribution in [3.8, 4) is 11.5 Å². The second-order valence-electron chi connectivity index (χ2n) is 4.29. The molecule has 1 aromatic rings. The van der Waals surface area contributed by atoms with Gasteiger partial charge in [0.05, 0.1) is 6.61 Å². The minimum absolute atomic E-state index is 0.218. The average Bonchev–Trinajstić information content (AvgIpc) is 2.73. The Labute approximate surface area is 98.9 Å². The predicted octanol–water partition coefficient (Wildman–Crippen LogP) is 1.80. The van der Waals surface area contributed by atoms with Gasteiger partial charge < -0.3 is 19.3 Å². The third-order valence-electron chi connectivity index (χ3n) is 2.55. The zero-order valence-electron chi connectivity index (χ0n) is 9.73. The van der Waals surface area contributed by atoms with Crippen LogP contribution >= 0.6 is 0 Å². The average molecular weight is 238 g/mol. The molecule has 1 N–H and O–H groups in total. The number of benzene rings is 1. The van der Waals surface area contributed by atoms with E-state index in [-0.39, 0.29) is 13.4 Å². The van der Waals surface area contributed by atoms with E-state index in [4.69, 9.17) is 19.3 Å². The van der Waals surface area contributed by atoms with Crippen LogP contribution in [0.1, 0.15) is 19.4 Å². The Morgan fingerprint density at radius 2 is 2.12 bits per heavy atom. The number of carboxylic acids is 1. The number of carbonyl (C=O) groups is 1. The Bertz CT molecular complexity index is 439. The van der Waals surface area contributed by atoms with Crippen LogP contribution in [0.4, 0.5) is 0 Å². The molecule has 0 aromatic heterocycles. The maximum absolute atomic E-state index is 10.9. The first kappa shape index (κ1) is 11.7. The fourth-order valence-electron chi connectivity index (χ4n) is 1.36. The third kappa shape index (κ3) is 2.50. The lowest BCUT2D eigenvalue weighted by molar-refractivity contribution is -0.162. The standard InChI is InChI=1S/C12H14O5/c1-12(2,11(13)14)17-6-8-3-4-9-10(5-8)16-7-15-9/h3-5H,6-7H2,1-2H3,(H,13,14). The van der Waals surface area contributed by atoms with Gasteiger partial charge in [0.2, 0.25) is 6.79 Å². The van der Waals surface area contributed by atoms with Crippen molar-refractivity contribution in [2.75, 3.05) is 6.79 Å². The Morgan fingerprint density at radius 1 is 1.41 bits per heavy atom. The highest BCUT2D eigenvalue weighted by atomic mass is 16.7. The summed E-state index contributed by atoms with van der Waals surface area (Å²) in [6.45, 7) is 3.47. The number of aliphatic carboxylic acids is 1. The lowest BCUT2D eigenvalue weighted by Gasteiger charge is -2.20. The summed E-state index contributed by atoms with van der Waals surface area (Å²) in [5.41, 5.74) is -0.348. The molecule has 17 heavy (non-hydrogen) atoms. The van der Waals surface area contributed by atoms with Crippen molar-refractivity contribution in [3.05, 3.63) is 23.8 Å². The fourth-order valence-corrected chi connectivity index (χ4v) is 1.36. The van der Waals surface area contributed by atoms with Crippen LogP contribution in [0.15, 0.2) is 18.2 Å². The summed E-state index contributed by atoms with van der Waals surface area (Å²) >= 11 is 0. The molecule has 0 bridgehead atoms. The van der Waals surface area contributed by atoms with Crippen LogP contribution in [0.3, 0.4) is 0 Å². The van der Waals surface area contributed by atoms with Crippen LogP contribution < -0.4 is 9.47 Å².